The number of halogens is 1. The van der Waals surface area contributed by atoms with Crippen LogP contribution >= 0.6 is 0 Å². The molecule has 2 heterocycles. The molecular formula is C12H12FN3O. The predicted octanol–water partition coefficient (Wildman–Crippen LogP) is 1.64. The van der Waals surface area contributed by atoms with Gasteiger partial charge in [-0.25, -0.2) is 4.39 Å². The van der Waals surface area contributed by atoms with Crippen LogP contribution in [-0.4, -0.2) is 23.2 Å². The zero-order valence-corrected chi connectivity index (χ0v) is 9.19. The molecule has 0 bridgehead atoms. The molecule has 1 N–H and O–H groups in total. The largest absolute Gasteiger partial charge is 0.339 e. The lowest BCUT2D eigenvalue weighted by Crippen LogP contribution is -2.43. The van der Waals surface area contributed by atoms with Crippen LogP contribution in [0.25, 0.3) is 11.4 Å². The van der Waals surface area contributed by atoms with E-state index in [0.717, 1.165) is 25.1 Å². The van der Waals surface area contributed by atoms with E-state index in [1.165, 1.54) is 12.1 Å². The Labute approximate surface area is 97.8 Å². The zero-order valence-electron chi connectivity index (χ0n) is 9.19. The van der Waals surface area contributed by atoms with E-state index in [1.54, 1.807) is 12.1 Å². The molecule has 1 aromatic heterocycles. The second-order valence-corrected chi connectivity index (χ2v) is 4.25. The summed E-state index contributed by atoms with van der Waals surface area (Å²) < 4.78 is 17.9. The normalized spacial score (nSPS) is 15.8. The summed E-state index contributed by atoms with van der Waals surface area (Å²) in [6.45, 7) is 2.02. The molecule has 1 aromatic carbocycles. The topological polar surface area (TPSA) is 51.0 Å². The van der Waals surface area contributed by atoms with Gasteiger partial charge in [0, 0.05) is 12.0 Å². The van der Waals surface area contributed by atoms with Crippen LogP contribution in [0, 0.1) is 11.7 Å². The molecule has 0 saturated carbocycles. The molecule has 4 nitrogen and oxygen atoms in total. The molecule has 3 rings (SSSR count). The number of hydrogen-bond acceptors (Lipinski definition) is 4. The SMILES string of the molecule is Fc1ccc(-c2noc(CC3CNC3)n2)cc1. The molecular weight excluding hydrogens is 221 g/mol. The molecule has 0 spiro atoms. The van der Waals surface area contributed by atoms with Gasteiger partial charge in [0.1, 0.15) is 5.82 Å². The lowest BCUT2D eigenvalue weighted by Gasteiger charge is -2.25. The quantitative estimate of drug-likeness (QED) is 0.875. The third-order valence-corrected chi connectivity index (χ3v) is 2.90. The Morgan fingerprint density at radius 3 is 2.71 bits per heavy atom. The summed E-state index contributed by atoms with van der Waals surface area (Å²) in [6.07, 6.45) is 0.807. The fourth-order valence-electron chi connectivity index (χ4n) is 1.79. The maximum atomic E-state index is 12.8. The number of nitrogens with zero attached hydrogens (tertiary/aromatic N) is 2. The first-order valence-corrected chi connectivity index (χ1v) is 5.60. The number of aromatic nitrogens is 2. The molecule has 1 saturated heterocycles. The molecule has 88 valence electrons. The van der Waals surface area contributed by atoms with Gasteiger partial charge in [0.05, 0.1) is 0 Å². The molecule has 0 radical (unpaired) electrons. The summed E-state index contributed by atoms with van der Waals surface area (Å²) in [5.41, 5.74) is 0.771. The summed E-state index contributed by atoms with van der Waals surface area (Å²) in [6, 6.07) is 6.08. The molecule has 17 heavy (non-hydrogen) atoms. The Hall–Kier alpha value is -1.75. The average Bonchev–Trinajstić information content (AvgIpc) is 2.73. The van der Waals surface area contributed by atoms with Crippen LogP contribution in [0.1, 0.15) is 5.89 Å². The highest BCUT2D eigenvalue weighted by atomic mass is 19.1. The van der Waals surface area contributed by atoms with Crippen LogP contribution in [0.2, 0.25) is 0 Å². The Bertz CT molecular complexity index is 505. The van der Waals surface area contributed by atoms with Crippen molar-refractivity contribution in [2.24, 2.45) is 5.92 Å². The van der Waals surface area contributed by atoms with Gasteiger partial charge in [0.25, 0.3) is 0 Å². The Kier molecular flexibility index (Phi) is 2.60. The lowest BCUT2D eigenvalue weighted by atomic mass is 10.00. The lowest BCUT2D eigenvalue weighted by molar-refractivity contribution is 0.296. The summed E-state index contributed by atoms with van der Waals surface area (Å²) in [5.74, 6) is 1.50. The van der Waals surface area contributed by atoms with E-state index in [9.17, 15) is 4.39 Å². The fraction of sp³-hybridized carbons (Fsp3) is 0.333. The van der Waals surface area contributed by atoms with E-state index in [2.05, 4.69) is 15.5 Å². The highest BCUT2D eigenvalue weighted by molar-refractivity contribution is 5.53. The summed E-state index contributed by atoms with van der Waals surface area (Å²) >= 11 is 0. The number of nitrogens with one attached hydrogen (secondary N) is 1. The van der Waals surface area contributed by atoms with Crippen molar-refractivity contribution < 1.29 is 8.91 Å². The number of benzene rings is 1. The van der Waals surface area contributed by atoms with E-state index in [-0.39, 0.29) is 5.82 Å². The van der Waals surface area contributed by atoms with Crippen molar-refractivity contribution in [3.8, 4) is 11.4 Å². The monoisotopic (exact) mass is 233 g/mol. The van der Waals surface area contributed by atoms with Gasteiger partial charge in [0.15, 0.2) is 0 Å². The minimum Gasteiger partial charge on any atom is -0.339 e. The van der Waals surface area contributed by atoms with Gasteiger partial charge in [0.2, 0.25) is 11.7 Å². The first-order chi connectivity index (χ1) is 8.31. The Morgan fingerprint density at radius 2 is 2.06 bits per heavy atom. The van der Waals surface area contributed by atoms with Crippen molar-refractivity contribution in [2.75, 3.05) is 13.1 Å². The third-order valence-electron chi connectivity index (χ3n) is 2.90. The van der Waals surface area contributed by atoms with Crippen LogP contribution in [0.5, 0.6) is 0 Å². The molecule has 0 amide bonds. The van der Waals surface area contributed by atoms with Crippen molar-refractivity contribution in [2.45, 2.75) is 6.42 Å². The molecule has 0 aliphatic carbocycles. The van der Waals surface area contributed by atoms with Gasteiger partial charge in [-0.15, -0.1) is 0 Å². The summed E-state index contributed by atoms with van der Waals surface area (Å²) in [7, 11) is 0. The number of hydrogen-bond donors (Lipinski definition) is 1. The van der Waals surface area contributed by atoms with Gasteiger partial charge >= 0.3 is 0 Å². The van der Waals surface area contributed by atoms with Crippen LogP contribution in [0.3, 0.4) is 0 Å². The standard InChI is InChI=1S/C12H12FN3O/c13-10-3-1-9(2-4-10)12-15-11(17-16-12)5-8-6-14-7-8/h1-4,8,14H,5-7H2. The summed E-state index contributed by atoms with van der Waals surface area (Å²) in [4.78, 5) is 4.30. The molecule has 0 unspecified atom stereocenters. The smallest absolute Gasteiger partial charge is 0.227 e. The molecule has 0 atom stereocenters. The molecule has 5 heteroatoms. The molecule has 1 aliphatic heterocycles. The van der Waals surface area contributed by atoms with E-state index in [4.69, 9.17) is 4.52 Å². The van der Waals surface area contributed by atoms with Gasteiger partial charge in [-0.1, -0.05) is 5.16 Å². The van der Waals surface area contributed by atoms with Gasteiger partial charge < -0.3 is 9.84 Å². The second-order valence-electron chi connectivity index (χ2n) is 4.25. The van der Waals surface area contributed by atoms with Crippen LogP contribution in [0.15, 0.2) is 28.8 Å². The van der Waals surface area contributed by atoms with Crippen LogP contribution in [0.4, 0.5) is 4.39 Å². The van der Waals surface area contributed by atoms with Crippen LogP contribution < -0.4 is 5.32 Å². The highest BCUT2D eigenvalue weighted by Crippen LogP contribution is 2.18. The highest BCUT2D eigenvalue weighted by Gasteiger charge is 2.20. The van der Waals surface area contributed by atoms with E-state index >= 15 is 0 Å². The van der Waals surface area contributed by atoms with Crippen molar-refractivity contribution in [3.05, 3.63) is 36.0 Å². The first kappa shape index (κ1) is 10.4. The minimum atomic E-state index is -0.266. The third kappa shape index (κ3) is 2.19. The maximum absolute atomic E-state index is 12.8. The first-order valence-electron chi connectivity index (χ1n) is 5.60. The van der Waals surface area contributed by atoms with Crippen molar-refractivity contribution >= 4 is 0 Å². The van der Waals surface area contributed by atoms with E-state index < -0.39 is 0 Å². The summed E-state index contributed by atoms with van der Waals surface area (Å²) in [5, 5.41) is 7.09. The second kappa shape index (κ2) is 4.25. The van der Waals surface area contributed by atoms with Gasteiger partial charge in [-0.3, -0.25) is 0 Å². The van der Waals surface area contributed by atoms with Crippen molar-refractivity contribution in [1.82, 2.24) is 15.5 Å². The Balaban J connectivity index is 1.76. The van der Waals surface area contributed by atoms with Gasteiger partial charge in [-0.05, 0) is 43.3 Å². The average molecular weight is 233 g/mol. The van der Waals surface area contributed by atoms with Crippen LogP contribution in [-0.2, 0) is 6.42 Å². The number of rotatable bonds is 3. The van der Waals surface area contributed by atoms with Crippen molar-refractivity contribution in [1.29, 1.82) is 0 Å². The van der Waals surface area contributed by atoms with E-state index in [1.807, 2.05) is 0 Å². The molecule has 1 aliphatic rings. The molecule has 1 fully saturated rings. The van der Waals surface area contributed by atoms with E-state index in [0.29, 0.717) is 17.6 Å². The maximum Gasteiger partial charge on any atom is 0.227 e. The Morgan fingerprint density at radius 1 is 1.29 bits per heavy atom. The van der Waals surface area contributed by atoms with Gasteiger partial charge in [-0.2, -0.15) is 4.98 Å². The fourth-order valence-corrected chi connectivity index (χ4v) is 1.79. The predicted molar refractivity (Wildman–Crippen MR) is 59.8 cm³/mol. The minimum absolute atomic E-state index is 0.266. The van der Waals surface area contributed by atoms with Crippen molar-refractivity contribution in [3.63, 3.8) is 0 Å². The molecule has 2 aromatic rings. The zero-order chi connectivity index (χ0) is 11.7.